The van der Waals surface area contributed by atoms with Crippen LogP contribution in [0, 0.1) is 11.8 Å². The highest BCUT2D eigenvalue weighted by Gasteiger charge is 2.24. The monoisotopic (exact) mass is 213 g/mol. The van der Waals surface area contributed by atoms with Crippen molar-refractivity contribution in [2.75, 3.05) is 6.54 Å². The number of rotatable bonds is 4. The topological polar surface area (TPSA) is 49.3 Å². The van der Waals surface area contributed by atoms with Crippen LogP contribution < -0.4 is 5.32 Å². The minimum atomic E-state index is -0.392. The standard InChI is InChI=1S/C12H23NO2/c1-3-11(14)8-13-12(15)10-6-4-9(2)5-7-10/h9-11,14H,3-8H2,1-2H3,(H,13,15)/t9-,10-,11?. The van der Waals surface area contributed by atoms with Crippen LogP contribution in [0.25, 0.3) is 0 Å². The summed E-state index contributed by atoms with van der Waals surface area (Å²) in [7, 11) is 0. The number of aliphatic hydroxyl groups is 1. The molecular formula is C12H23NO2. The van der Waals surface area contributed by atoms with Crippen LogP contribution in [-0.2, 0) is 4.79 Å². The lowest BCUT2D eigenvalue weighted by atomic mass is 9.82. The second-order valence-corrected chi connectivity index (χ2v) is 4.76. The number of amides is 1. The van der Waals surface area contributed by atoms with Crippen LogP contribution in [-0.4, -0.2) is 23.7 Å². The highest BCUT2D eigenvalue weighted by Crippen LogP contribution is 2.28. The Morgan fingerprint density at radius 2 is 2.00 bits per heavy atom. The molecule has 1 aliphatic rings. The molecule has 1 atom stereocenters. The van der Waals surface area contributed by atoms with E-state index in [0.717, 1.165) is 31.6 Å². The first-order valence-electron chi connectivity index (χ1n) is 6.09. The fourth-order valence-electron chi connectivity index (χ4n) is 2.03. The maximum atomic E-state index is 11.7. The molecule has 15 heavy (non-hydrogen) atoms. The van der Waals surface area contributed by atoms with Crippen LogP contribution in [0.2, 0.25) is 0 Å². The van der Waals surface area contributed by atoms with Gasteiger partial charge >= 0.3 is 0 Å². The number of nitrogens with one attached hydrogen (secondary N) is 1. The summed E-state index contributed by atoms with van der Waals surface area (Å²) < 4.78 is 0. The van der Waals surface area contributed by atoms with Gasteiger partial charge in [-0.3, -0.25) is 4.79 Å². The first kappa shape index (κ1) is 12.5. The lowest BCUT2D eigenvalue weighted by molar-refractivity contribution is -0.126. The average molecular weight is 213 g/mol. The Balaban J connectivity index is 2.22. The SMILES string of the molecule is CCC(O)CNC(=O)[C@H]1CC[C@H](C)CC1. The zero-order valence-corrected chi connectivity index (χ0v) is 9.83. The van der Waals surface area contributed by atoms with Crippen molar-refractivity contribution in [2.45, 2.75) is 52.1 Å². The first-order chi connectivity index (χ1) is 7.13. The molecule has 0 radical (unpaired) electrons. The van der Waals surface area contributed by atoms with Gasteiger partial charge in [0.2, 0.25) is 5.91 Å². The number of hydrogen-bond donors (Lipinski definition) is 2. The molecule has 3 nitrogen and oxygen atoms in total. The molecule has 0 aromatic heterocycles. The molecule has 1 amide bonds. The highest BCUT2D eigenvalue weighted by molar-refractivity contribution is 5.78. The normalized spacial score (nSPS) is 28.5. The van der Waals surface area contributed by atoms with Crippen molar-refractivity contribution < 1.29 is 9.90 Å². The summed E-state index contributed by atoms with van der Waals surface area (Å²) in [6.45, 7) is 4.56. The lowest BCUT2D eigenvalue weighted by Gasteiger charge is -2.25. The Morgan fingerprint density at radius 1 is 1.40 bits per heavy atom. The summed E-state index contributed by atoms with van der Waals surface area (Å²) in [5.74, 6) is 1.09. The number of carbonyl (C=O) groups is 1. The quantitative estimate of drug-likeness (QED) is 0.746. The van der Waals surface area contributed by atoms with E-state index in [1.54, 1.807) is 0 Å². The van der Waals surface area contributed by atoms with Crippen LogP contribution in [0.15, 0.2) is 0 Å². The van der Waals surface area contributed by atoms with Crippen molar-refractivity contribution in [1.82, 2.24) is 5.32 Å². The second-order valence-electron chi connectivity index (χ2n) is 4.76. The maximum absolute atomic E-state index is 11.7. The zero-order chi connectivity index (χ0) is 11.3. The molecule has 3 heteroatoms. The Morgan fingerprint density at radius 3 is 2.53 bits per heavy atom. The van der Waals surface area contributed by atoms with Crippen molar-refractivity contribution >= 4 is 5.91 Å². The maximum Gasteiger partial charge on any atom is 0.223 e. The van der Waals surface area contributed by atoms with Gasteiger partial charge in [-0.15, -0.1) is 0 Å². The number of hydrogen-bond acceptors (Lipinski definition) is 2. The van der Waals surface area contributed by atoms with Gasteiger partial charge in [0.25, 0.3) is 0 Å². The minimum Gasteiger partial charge on any atom is -0.391 e. The molecule has 0 aliphatic heterocycles. The van der Waals surface area contributed by atoms with E-state index in [1.165, 1.54) is 0 Å². The Bertz CT molecular complexity index is 198. The van der Waals surface area contributed by atoms with Crippen LogP contribution in [0.5, 0.6) is 0 Å². The van der Waals surface area contributed by atoms with Crippen molar-refractivity contribution in [3.63, 3.8) is 0 Å². The molecule has 0 aromatic carbocycles. The summed E-state index contributed by atoms with van der Waals surface area (Å²) in [5.41, 5.74) is 0. The zero-order valence-electron chi connectivity index (χ0n) is 9.83. The molecule has 0 spiro atoms. The number of aliphatic hydroxyl groups excluding tert-OH is 1. The van der Waals surface area contributed by atoms with Gasteiger partial charge in [-0.2, -0.15) is 0 Å². The molecule has 88 valence electrons. The average Bonchev–Trinajstić information content (AvgIpc) is 2.26. The van der Waals surface area contributed by atoms with Crippen molar-refractivity contribution in [1.29, 1.82) is 0 Å². The smallest absolute Gasteiger partial charge is 0.223 e. The third-order valence-electron chi connectivity index (χ3n) is 3.37. The van der Waals surface area contributed by atoms with Crippen molar-refractivity contribution in [3.8, 4) is 0 Å². The fourth-order valence-corrected chi connectivity index (χ4v) is 2.03. The molecule has 1 saturated carbocycles. The van der Waals surface area contributed by atoms with E-state index in [0.29, 0.717) is 13.0 Å². The third-order valence-corrected chi connectivity index (χ3v) is 3.37. The highest BCUT2D eigenvalue weighted by atomic mass is 16.3. The third kappa shape index (κ3) is 4.20. The van der Waals surface area contributed by atoms with E-state index in [4.69, 9.17) is 0 Å². The van der Waals surface area contributed by atoms with E-state index in [1.807, 2.05) is 6.92 Å². The molecule has 0 bridgehead atoms. The van der Waals surface area contributed by atoms with Gasteiger partial charge in [-0.05, 0) is 38.0 Å². The van der Waals surface area contributed by atoms with Gasteiger partial charge < -0.3 is 10.4 Å². The molecule has 0 saturated heterocycles. The molecule has 0 aromatic rings. The van der Waals surface area contributed by atoms with Crippen LogP contribution in [0.4, 0.5) is 0 Å². The predicted octanol–water partition coefficient (Wildman–Crippen LogP) is 1.70. The van der Waals surface area contributed by atoms with Crippen LogP contribution in [0.1, 0.15) is 46.0 Å². The van der Waals surface area contributed by atoms with E-state index in [-0.39, 0.29) is 11.8 Å². The second kappa shape index (κ2) is 6.11. The lowest BCUT2D eigenvalue weighted by Crippen LogP contribution is -2.37. The van der Waals surface area contributed by atoms with Gasteiger partial charge in [0.15, 0.2) is 0 Å². The van der Waals surface area contributed by atoms with E-state index in [9.17, 15) is 9.90 Å². The van der Waals surface area contributed by atoms with Gasteiger partial charge in [0, 0.05) is 12.5 Å². The number of carbonyl (C=O) groups excluding carboxylic acids is 1. The molecular weight excluding hydrogens is 190 g/mol. The van der Waals surface area contributed by atoms with Gasteiger partial charge in [0.05, 0.1) is 6.10 Å². The van der Waals surface area contributed by atoms with Gasteiger partial charge in [-0.1, -0.05) is 13.8 Å². The molecule has 0 heterocycles. The first-order valence-corrected chi connectivity index (χ1v) is 6.09. The molecule has 2 N–H and O–H groups in total. The van der Waals surface area contributed by atoms with E-state index < -0.39 is 6.10 Å². The minimum absolute atomic E-state index is 0.134. The van der Waals surface area contributed by atoms with E-state index in [2.05, 4.69) is 12.2 Å². The largest absolute Gasteiger partial charge is 0.391 e. The van der Waals surface area contributed by atoms with Gasteiger partial charge in [0.1, 0.15) is 0 Å². The van der Waals surface area contributed by atoms with Crippen LogP contribution in [0.3, 0.4) is 0 Å². The Hall–Kier alpha value is -0.570. The predicted molar refractivity (Wildman–Crippen MR) is 60.4 cm³/mol. The Kier molecular flexibility index (Phi) is 5.09. The van der Waals surface area contributed by atoms with E-state index >= 15 is 0 Å². The summed E-state index contributed by atoms with van der Waals surface area (Å²) in [6, 6.07) is 0. The fraction of sp³-hybridized carbons (Fsp3) is 0.917. The Labute approximate surface area is 92.3 Å². The van der Waals surface area contributed by atoms with Crippen molar-refractivity contribution in [2.24, 2.45) is 11.8 Å². The van der Waals surface area contributed by atoms with Crippen molar-refractivity contribution in [3.05, 3.63) is 0 Å². The molecule has 1 unspecified atom stereocenters. The molecule has 1 rings (SSSR count). The van der Waals surface area contributed by atoms with Gasteiger partial charge in [-0.25, -0.2) is 0 Å². The molecule has 1 aliphatic carbocycles. The summed E-state index contributed by atoms with van der Waals surface area (Å²) in [4.78, 5) is 11.7. The summed E-state index contributed by atoms with van der Waals surface area (Å²) in [5, 5.41) is 12.2. The summed E-state index contributed by atoms with van der Waals surface area (Å²) >= 11 is 0. The summed E-state index contributed by atoms with van der Waals surface area (Å²) in [6.07, 6.45) is 4.64. The molecule has 1 fully saturated rings. The van der Waals surface area contributed by atoms with Crippen LogP contribution >= 0.6 is 0 Å².